The molecule has 1 aromatic heterocycles. The van der Waals surface area contributed by atoms with E-state index in [1.165, 1.54) is 0 Å². The van der Waals surface area contributed by atoms with E-state index in [-0.39, 0.29) is 17.9 Å². The maximum atomic E-state index is 14.2. The van der Waals surface area contributed by atoms with Gasteiger partial charge in [-0.2, -0.15) is 0 Å². The molecule has 1 fully saturated rings. The molecule has 2 amide bonds. The van der Waals surface area contributed by atoms with Crippen molar-refractivity contribution >= 4 is 40.4 Å². The normalized spacial score (nSPS) is 20.2. The van der Waals surface area contributed by atoms with Crippen LogP contribution in [0.15, 0.2) is 66.0 Å². The first-order valence-electron chi connectivity index (χ1n) is 11.8. The van der Waals surface area contributed by atoms with Gasteiger partial charge in [0.05, 0.1) is 18.6 Å². The molecule has 0 bridgehead atoms. The van der Waals surface area contributed by atoms with Crippen molar-refractivity contribution in [3.8, 4) is 0 Å². The summed E-state index contributed by atoms with van der Waals surface area (Å²) in [5.41, 5.74) is 2.53. The van der Waals surface area contributed by atoms with E-state index >= 15 is 0 Å². The van der Waals surface area contributed by atoms with Gasteiger partial charge < -0.3 is 19.4 Å². The first-order valence-corrected chi connectivity index (χ1v) is 13.1. The Hall–Kier alpha value is -2.87. The third-order valence-corrected chi connectivity index (χ3v) is 8.05. The smallest absolute Gasteiger partial charge is 0.254 e. The minimum atomic E-state index is -0.457. The van der Waals surface area contributed by atoms with Crippen molar-refractivity contribution in [3.63, 3.8) is 0 Å². The zero-order valence-corrected chi connectivity index (χ0v) is 21.2. The highest BCUT2D eigenvalue weighted by atomic mass is 35.5. The van der Waals surface area contributed by atoms with Crippen LogP contribution < -0.4 is 4.90 Å². The van der Waals surface area contributed by atoms with Gasteiger partial charge in [-0.1, -0.05) is 35.9 Å². The summed E-state index contributed by atoms with van der Waals surface area (Å²) in [6.45, 7) is 3.60. The van der Waals surface area contributed by atoms with E-state index < -0.39 is 5.92 Å². The summed E-state index contributed by atoms with van der Waals surface area (Å²) in [6.07, 6.45) is 0. The third kappa shape index (κ3) is 4.68. The lowest BCUT2D eigenvalue weighted by molar-refractivity contribution is -0.135. The zero-order valence-electron chi connectivity index (χ0n) is 19.6. The molecule has 2 aliphatic heterocycles. The van der Waals surface area contributed by atoms with Crippen molar-refractivity contribution in [1.29, 1.82) is 0 Å². The van der Waals surface area contributed by atoms with E-state index in [0.29, 0.717) is 36.8 Å². The molecular weight excluding hydrogens is 482 g/mol. The zero-order chi connectivity index (χ0) is 24.4. The quantitative estimate of drug-likeness (QED) is 0.484. The van der Waals surface area contributed by atoms with E-state index in [2.05, 4.69) is 4.90 Å². The molecule has 182 valence electrons. The second kappa shape index (κ2) is 10.4. The van der Waals surface area contributed by atoms with E-state index in [1.807, 2.05) is 75.8 Å². The van der Waals surface area contributed by atoms with Gasteiger partial charge in [-0.05, 0) is 47.3 Å². The second-order valence-corrected chi connectivity index (χ2v) is 10.2. The van der Waals surface area contributed by atoms with Gasteiger partial charge in [0.25, 0.3) is 5.91 Å². The van der Waals surface area contributed by atoms with Crippen LogP contribution in [0.4, 0.5) is 5.69 Å². The van der Waals surface area contributed by atoms with Crippen LogP contribution >= 0.6 is 22.9 Å². The van der Waals surface area contributed by atoms with Crippen molar-refractivity contribution in [3.05, 3.63) is 87.1 Å². The van der Waals surface area contributed by atoms with Gasteiger partial charge in [0.15, 0.2) is 0 Å². The molecular formula is C27H28ClN3O3S. The molecule has 2 unspecified atom stereocenters. The molecule has 3 aromatic rings. The number of benzene rings is 2. The number of methoxy groups -OCH3 is 1. The molecule has 35 heavy (non-hydrogen) atoms. The Morgan fingerprint density at radius 1 is 1.03 bits per heavy atom. The fourth-order valence-corrected chi connectivity index (χ4v) is 6.10. The van der Waals surface area contributed by atoms with E-state index in [1.54, 1.807) is 18.4 Å². The van der Waals surface area contributed by atoms with Gasteiger partial charge in [-0.15, -0.1) is 11.3 Å². The third-order valence-electron chi connectivity index (χ3n) is 6.86. The lowest BCUT2D eigenvalue weighted by Crippen LogP contribution is -2.53. The van der Waals surface area contributed by atoms with Gasteiger partial charge in [-0.25, -0.2) is 0 Å². The van der Waals surface area contributed by atoms with Gasteiger partial charge in [0.1, 0.15) is 0 Å². The van der Waals surface area contributed by atoms with Crippen LogP contribution in [-0.4, -0.2) is 68.1 Å². The van der Waals surface area contributed by atoms with Crippen LogP contribution in [0.5, 0.6) is 0 Å². The molecule has 0 spiro atoms. The van der Waals surface area contributed by atoms with E-state index in [0.717, 1.165) is 29.2 Å². The molecule has 3 heterocycles. The van der Waals surface area contributed by atoms with Crippen molar-refractivity contribution in [2.24, 2.45) is 0 Å². The highest BCUT2D eigenvalue weighted by Gasteiger charge is 2.46. The number of carbonyl (C=O) groups is 2. The Morgan fingerprint density at radius 3 is 2.46 bits per heavy atom. The minimum Gasteiger partial charge on any atom is -0.383 e. The molecule has 1 saturated heterocycles. The van der Waals surface area contributed by atoms with Gasteiger partial charge in [0.2, 0.25) is 5.91 Å². The number of rotatable bonds is 6. The summed E-state index contributed by atoms with van der Waals surface area (Å²) in [7, 11) is 1.63. The monoisotopic (exact) mass is 509 g/mol. The number of nitrogens with zero attached hydrogens (tertiary/aromatic N) is 3. The summed E-state index contributed by atoms with van der Waals surface area (Å²) in [5.74, 6) is -0.435. The van der Waals surface area contributed by atoms with Crippen LogP contribution in [0.1, 0.15) is 32.8 Å². The number of hydrogen-bond acceptors (Lipinski definition) is 5. The molecule has 0 N–H and O–H groups in total. The number of piperazine rings is 1. The number of halogens is 1. The summed E-state index contributed by atoms with van der Waals surface area (Å²) >= 11 is 7.63. The SMILES string of the molecule is COCCN1C(=O)c2ccccc2C(C(=O)N2CCN(c3ccc(Cl)cc3)CC2)C1c1cccs1. The molecule has 0 saturated carbocycles. The second-order valence-electron chi connectivity index (χ2n) is 8.81. The summed E-state index contributed by atoms with van der Waals surface area (Å²) in [5, 5.41) is 2.71. The fourth-order valence-electron chi connectivity index (χ4n) is 5.10. The maximum absolute atomic E-state index is 14.2. The number of hydrogen-bond donors (Lipinski definition) is 0. The Morgan fingerprint density at radius 2 is 1.77 bits per heavy atom. The molecule has 8 heteroatoms. The number of amides is 2. The van der Waals surface area contributed by atoms with E-state index in [9.17, 15) is 9.59 Å². The number of anilines is 1. The Balaban J connectivity index is 1.45. The molecule has 6 nitrogen and oxygen atoms in total. The summed E-state index contributed by atoms with van der Waals surface area (Å²) in [6, 6.07) is 19.0. The van der Waals surface area contributed by atoms with Crippen molar-refractivity contribution in [2.75, 3.05) is 51.3 Å². The molecule has 0 aliphatic carbocycles. The van der Waals surface area contributed by atoms with Gasteiger partial charge >= 0.3 is 0 Å². The van der Waals surface area contributed by atoms with Crippen LogP contribution in [0.25, 0.3) is 0 Å². The number of fused-ring (bicyclic) bond motifs is 1. The Bertz CT molecular complexity index is 1180. The molecule has 2 aromatic carbocycles. The minimum absolute atomic E-state index is 0.0485. The van der Waals surface area contributed by atoms with Crippen LogP contribution in [0, 0.1) is 0 Å². The topological polar surface area (TPSA) is 53.1 Å². The molecule has 0 radical (unpaired) electrons. The molecule has 2 aliphatic rings. The standard InChI is InChI=1S/C27H28ClN3O3S/c1-34-17-16-31-25(23-7-4-18-35-23)24(21-5-2-3-6-22(21)26(31)32)27(33)30-14-12-29(13-15-30)20-10-8-19(28)9-11-20/h2-11,18,24-25H,12-17H2,1H3. The largest absolute Gasteiger partial charge is 0.383 e. The predicted molar refractivity (Wildman–Crippen MR) is 139 cm³/mol. The first-order chi connectivity index (χ1) is 17.1. The van der Waals surface area contributed by atoms with Crippen molar-refractivity contribution < 1.29 is 14.3 Å². The molecule has 2 atom stereocenters. The first kappa shape index (κ1) is 23.9. The average Bonchev–Trinajstić information content (AvgIpc) is 3.43. The fraction of sp³-hybridized carbons (Fsp3) is 0.333. The average molecular weight is 510 g/mol. The lowest BCUT2D eigenvalue weighted by Gasteiger charge is -2.44. The van der Waals surface area contributed by atoms with Crippen LogP contribution in [-0.2, 0) is 9.53 Å². The van der Waals surface area contributed by atoms with Crippen LogP contribution in [0.2, 0.25) is 5.02 Å². The molecule has 5 rings (SSSR count). The summed E-state index contributed by atoms with van der Waals surface area (Å²) in [4.78, 5) is 34.8. The number of carbonyl (C=O) groups excluding carboxylic acids is 2. The predicted octanol–water partition coefficient (Wildman–Crippen LogP) is 4.68. The highest BCUT2D eigenvalue weighted by molar-refractivity contribution is 7.10. The Kier molecular flexibility index (Phi) is 7.09. The van der Waals surface area contributed by atoms with Crippen molar-refractivity contribution in [1.82, 2.24) is 9.80 Å². The van der Waals surface area contributed by atoms with Crippen molar-refractivity contribution in [2.45, 2.75) is 12.0 Å². The number of thiophene rings is 1. The van der Waals surface area contributed by atoms with E-state index in [4.69, 9.17) is 16.3 Å². The van der Waals surface area contributed by atoms with Crippen LogP contribution in [0.3, 0.4) is 0 Å². The van der Waals surface area contributed by atoms with Gasteiger partial charge in [0, 0.05) is 61.0 Å². The highest BCUT2D eigenvalue weighted by Crippen LogP contribution is 2.45. The lowest BCUT2D eigenvalue weighted by atomic mass is 9.81. The Labute approximate surface area is 214 Å². The maximum Gasteiger partial charge on any atom is 0.254 e. The summed E-state index contributed by atoms with van der Waals surface area (Å²) < 4.78 is 5.32. The van der Waals surface area contributed by atoms with Gasteiger partial charge in [-0.3, -0.25) is 9.59 Å². The number of ether oxygens (including phenoxy) is 1.